The molecule has 19 heavy (non-hydrogen) atoms. The predicted molar refractivity (Wildman–Crippen MR) is 74.9 cm³/mol. The second kappa shape index (κ2) is 5.27. The van der Waals surface area contributed by atoms with Crippen LogP contribution in [0.1, 0.15) is 31.2 Å². The van der Waals surface area contributed by atoms with Gasteiger partial charge in [0.05, 0.1) is 0 Å². The molecular weight excluding hydrogens is 238 g/mol. The standard InChI is InChI=1S/C14H21N5/c1-2-18-7-4-6-12(18)9-13-16-14-11(10-15)5-3-8-19(14)17-13/h3,5,8,12H,2,4,6-7,9-10,15H2,1H3. The molecule has 5 nitrogen and oxygen atoms in total. The van der Waals surface area contributed by atoms with Gasteiger partial charge in [0.25, 0.3) is 0 Å². The molecule has 1 fully saturated rings. The Bertz CT molecular complexity index is 562. The van der Waals surface area contributed by atoms with E-state index in [1.165, 1.54) is 19.4 Å². The van der Waals surface area contributed by atoms with Gasteiger partial charge in [-0.3, -0.25) is 0 Å². The van der Waals surface area contributed by atoms with Gasteiger partial charge in [0.2, 0.25) is 0 Å². The number of pyridine rings is 1. The summed E-state index contributed by atoms with van der Waals surface area (Å²) in [6, 6.07) is 4.59. The van der Waals surface area contributed by atoms with E-state index in [4.69, 9.17) is 5.73 Å². The minimum absolute atomic E-state index is 0.507. The summed E-state index contributed by atoms with van der Waals surface area (Å²) in [5.41, 5.74) is 7.70. The van der Waals surface area contributed by atoms with Gasteiger partial charge in [0, 0.05) is 30.8 Å². The van der Waals surface area contributed by atoms with Crippen LogP contribution < -0.4 is 5.73 Å². The molecular formula is C14H21N5. The van der Waals surface area contributed by atoms with Crippen molar-refractivity contribution in [2.45, 2.75) is 38.8 Å². The molecule has 1 aliphatic rings. The van der Waals surface area contributed by atoms with E-state index in [9.17, 15) is 0 Å². The van der Waals surface area contributed by atoms with Crippen LogP contribution in [0.3, 0.4) is 0 Å². The Kier molecular flexibility index (Phi) is 3.48. The first kappa shape index (κ1) is 12.6. The largest absolute Gasteiger partial charge is 0.326 e. The Hall–Kier alpha value is -1.46. The molecule has 3 rings (SSSR count). The number of aromatic nitrogens is 3. The molecule has 0 bridgehead atoms. The topological polar surface area (TPSA) is 59.5 Å². The zero-order valence-corrected chi connectivity index (χ0v) is 11.4. The fourth-order valence-corrected chi connectivity index (χ4v) is 3.00. The Morgan fingerprint density at radius 2 is 2.37 bits per heavy atom. The molecule has 1 aliphatic heterocycles. The molecule has 2 N–H and O–H groups in total. The molecule has 2 aromatic heterocycles. The number of hydrogen-bond acceptors (Lipinski definition) is 4. The summed E-state index contributed by atoms with van der Waals surface area (Å²) < 4.78 is 1.85. The quantitative estimate of drug-likeness (QED) is 0.896. The summed E-state index contributed by atoms with van der Waals surface area (Å²) in [4.78, 5) is 7.18. The Morgan fingerprint density at radius 1 is 1.47 bits per heavy atom. The lowest BCUT2D eigenvalue weighted by atomic mass is 10.1. The first-order valence-electron chi connectivity index (χ1n) is 7.09. The maximum Gasteiger partial charge on any atom is 0.160 e. The average molecular weight is 259 g/mol. The van der Waals surface area contributed by atoms with Gasteiger partial charge in [-0.15, -0.1) is 0 Å². The highest BCUT2D eigenvalue weighted by Gasteiger charge is 2.24. The maximum atomic E-state index is 5.74. The van der Waals surface area contributed by atoms with Crippen LogP contribution in [-0.2, 0) is 13.0 Å². The molecule has 0 spiro atoms. The van der Waals surface area contributed by atoms with Crippen LogP contribution in [0, 0.1) is 0 Å². The summed E-state index contributed by atoms with van der Waals surface area (Å²) >= 11 is 0. The van der Waals surface area contributed by atoms with Gasteiger partial charge in [0.15, 0.2) is 11.5 Å². The average Bonchev–Trinajstić information content (AvgIpc) is 3.04. The van der Waals surface area contributed by atoms with E-state index in [0.717, 1.165) is 30.0 Å². The predicted octanol–water partition coefficient (Wildman–Crippen LogP) is 1.21. The summed E-state index contributed by atoms with van der Waals surface area (Å²) in [5.74, 6) is 0.936. The maximum absolute atomic E-state index is 5.74. The molecule has 0 amide bonds. The Morgan fingerprint density at radius 3 is 3.16 bits per heavy atom. The zero-order chi connectivity index (χ0) is 13.2. The van der Waals surface area contributed by atoms with Crippen LogP contribution in [0.25, 0.3) is 5.65 Å². The summed E-state index contributed by atoms with van der Waals surface area (Å²) in [6.07, 6.45) is 5.43. The van der Waals surface area contributed by atoms with Crippen molar-refractivity contribution in [1.82, 2.24) is 19.5 Å². The van der Waals surface area contributed by atoms with Crippen molar-refractivity contribution < 1.29 is 0 Å². The smallest absolute Gasteiger partial charge is 0.160 e. The second-order valence-corrected chi connectivity index (χ2v) is 5.16. The van der Waals surface area contributed by atoms with Gasteiger partial charge < -0.3 is 10.6 Å². The molecule has 0 aliphatic carbocycles. The molecule has 1 atom stereocenters. The molecule has 2 aromatic rings. The van der Waals surface area contributed by atoms with E-state index in [1.54, 1.807) is 0 Å². The third-order valence-electron chi connectivity index (χ3n) is 4.03. The van der Waals surface area contributed by atoms with E-state index in [-0.39, 0.29) is 0 Å². The molecule has 0 radical (unpaired) electrons. The summed E-state index contributed by atoms with van der Waals surface area (Å²) in [7, 11) is 0. The number of likely N-dealkylation sites (N-methyl/N-ethyl adjacent to an activating group) is 1. The van der Waals surface area contributed by atoms with Crippen molar-refractivity contribution in [3.05, 3.63) is 29.7 Å². The van der Waals surface area contributed by atoms with E-state index < -0.39 is 0 Å². The van der Waals surface area contributed by atoms with Crippen molar-refractivity contribution in [1.29, 1.82) is 0 Å². The van der Waals surface area contributed by atoms with Gasteiger partial charge in [-0.05, 0) is 32.0 Å². The van der Waals surface area contributed by atoms with E-state index >= 15 is 0 Å². The van der Waals surface area contributed by atoms with Crippen molar-refractivity contribution in [2.75, 3.05) is 13.1 Å². The van der Waals surface area contributed by atoms with E-state index in [1.807, 2.05) is 22.8 Å². The van der Waals surface area contributed by atoms with Crippen LogP contribution in [0.4, 0.5) is 0 Å². The van der Waals surface area contributed by atoms with Crippen molar-refractivity contribution in [2.24, 2.45) is 5.73 Å². The van der Waals surface area contributed by atoms with E-state index in [0.29, 0.717) is 12.6 Å². The molecule has 5 heteroatoms. The highest BCUT2D eigenvalue weighted by Crippen LogP contribution is 2.20. The van der Waals surface area contributed by atoms with Crippen LogP contribution in [0.5, 0.6) is 0 Å². The number of nitrogens with zero attached hydrogens (tertiary/aromatic N) is 4. The van der Waals surface area contributed by atoms with E-state index in [2.05, 4.69) is 21.9 Å². The lowest BCUT2D eigenvalue weighted by Gasteiger charge is -2.21. The van der Waals surface area contributed by atoms with Gasteiger partial charge in [-0.2, -0.15) is 5.10 Å². The third-order valence-corrected chi connectivity index (χ3v) is 4.03. The first-order valence-corrected chi connectivity index (χ1v) is 7.09. The highest BCUT2D eigenvalue weighted by atomic mass is 15.3. The monoisotopic (exact) mass is 259 g/mol. The summed E-state index contributed by atoms with van der Waals surface area (Å²) in [6.45, 7) is 5.06. The number of hydrogen-bond donors (Lipinski definition) is 1. The van der Waals surface area contributed by atoms with Crippen LogP contribution in [-0.4, -0.2) is 38.6 Å². The lowest BCUT2D eigenvalue weighted by molar-refractivity contribution is 0.263. The fourth-order valence-electron chi connectivity index (χ4n) is 3.00. The van der Waals surface area contributed by atoms with Gasteiger partial charge in [-0.1, -0.05) is 13.0 Å². The van der Waals surface area contributed by atoms with Crippen LogP contribution >= 0.6 is 0 Å². The van der Waals surface area contributed by atoms with Gasteiger partial charge >= 0.3 is 0 Å². The number of fused-ring (bicyclic) bond motifs is 1. The Balaban J connectivity index is 1.85. The second-order valence-electron chi connectivity index (χ2n) is 5.16. The number of rotatable bonds is 4. The lowest BCUT2D eigenvalue weighted by Crippen LogP contribution is -2.31. The fraction of sp³-hybridized carbons (Fsp3) is 0.571. The number of likely N-dealkylation sites (tertiary alicyclic amines) is 1. The van der Waals surface area contributed by atoms with Gasteiger partial charge in [-0.25, -0.2) is 9.50 Å². The highest BCUT2D eigenvalue weighted by molar-refractivity contribution is 5.46. The molecule has 1 unspecified atom stereocenters. The van der Waals surface area contributed by atoms with Crippen LogP contribution in [0.2, 0.25) is 0 Å². The van der Waals surface area contributed by atoms with Crippen molar-refractivity contribution >= 4 is 5.65 Å². The van der Waals surface area contributed by atoms with Crippen molar-refractivity contribution in [3.8, 4) is 0 Å². The molecule has 1 saturated heterocycles. The van der Waals surface area contributed by atoms with Gasteiger partial charge in [0.1, 0.15) is 0 Å². The Labute approximate surface area is 113 Å². The van der Waals surface area contributed by atoms with Crippen LogP contribution in [0.15, 0.2) is 18.3 Å². The van der Waals surface area contributed by atoms with Crippen molar-refractivity contribution in [3.63, 3.8) is 0 Å². The molecule has 0 saturated carbocycles. The minimum atomic E-state index is 0.507. The molecule has 3 heterocycles. The molecule has 102 valence electrons. The minimum Gasteiger partial charge on any atom is -0.326 e. The zero-order valence-electron chi connectivity index (χ0n) is 11.4. The normalized spacial score (nSPS) is 20.4. The summed E-state index contributed by atoms with van der Waals surface area (Å²) in [5, 5.41) is 4.58. The molecule has 0 aromatic carbocycles. The SMILES string of the molecule is CCN1CCCC1Cc1nc2c(CN)cccn2n1. The third kappa shape index (κ3) is 2.35. The first-order chi connectivity index (χ1) is 9.31. The number of nitrogens with two attached hydrogens (primary N) is 1.